The van der Waals surface area contributed by atoms with Gasteiger partial charge in [-0.15, -0.1) is 0 Å². The molecule has 0 heterocycles. The molecule has 0 aliphatic carbocycles. The van der Waals surface area contributed by atoms with Crippen LogP contribution in [0.2, 0.25) is 5.02 Å². The first-order valence-electron chi connectivity index (χ1n) is 5.87. The van der Waals surface area contributed by atoms with Gasteiger partial charge >= 0.3 is 0 Å². The van der Waals surface area contributed by atoms with Gasteiger partial charge in [0.1, 0.15) is 5.75 Å². The highest BCUT2D eigenvalue weighted by Crippen LogP contribution is 2.26. The summed E-state index contributed by atoms with van der Waals surface area (Å²) in [5.41, 5.74) is 2.15. The number of rotatable bonds is 7. The number of hydrogen-bond acceptors (Lipinski definition) is 3. The van der Waals surface area contributed by atoms with Gasteiger partial charge in [0.15, 0.2) is 0 Å². The standard InChI is InChI=1S/C13H21ClN2O/c1-10-7-13(17-3)11(8-12(10)14)9-16-6-4-5-15-2/h7-8,15-16H,4-6,9H2,1-3H3. The van der Waals surface area contributed by atoms with Crippen molar-refractivity contribution in [3.05, 3.63) is 28.3 Å². The van der Waals surface area contributed by atoms with E-state index < -0.39 is 0 Å². The van der Waals surface area contributed by atoms with Crippen LogP contribution < -0.4 is 15.4 Å². The van der Waals surface area contributed by atoms with Crippen LogP contribution >= 0.6 is 11.6 Å². The van der Waals surface area contributed by atoms with Gasteiger partial charge < -0.3 is 15.4 Å². The van der Waals surface area contributed by atoms with Gasteiger partial charge in [-0.25, -0.2) is 0 Å². The van der Waals surface area contributed by atoms with Gasteiger partial charge in [0.2, 0.25) is 0 Å². The zero-order chi connectivity index (χ0) is 12.7. The highest BCUT2D eigenvalue weighted by molar-refractivity contribution is 6.31. The van der Waals surface area contributed by atoms with Gasteiger partial charge in [-0.3, -0.25) is 0 Å². The van der Waals surface area contributed by atoms with E-state index >= 15 is 0 Å². The molecule has 4 heteroatoms. The van der Waals surface area contributed by atoms with E-state index in [0.717, 1.165) is 48.0 Å². The minimum absolute atomic E-state index is 0.785. The summed E-state index contributed by atoms with van der Waals surface area (Å²) in [4.78, 5) is 0. The lowest BCUT2D eigenvalue weighted by Crippen LogP contribution is -2.19. The number of methoxy groups -OCH3 is 1. The van der Waals surface area contributed by atoms with Crippen LogP contribution in [0, 0.1) is 6.92 Å². The second-order valence-electron chi connectivity index (χ2n) is 4.05. The Hall–Kier alpha value is -0.770. The first kappa shape index (κ1) is 14.3. The second-order valence-corrected chi connectivity index (χ2v) is 4.45. The van der Waals surface area contributed by atoms with Crippen LogP contribution in [0.5, 0.6) is 5.75 Å². The molecule has 0 saturated heterocycles. The van der Waals surface area contributed by atoms with Gasteiger partial charge in [0.25, 0.3) is 0 Å². The molecule has 0 saturated carbocycles. The Morgan fingerprint density at radius 3 is 2.71 bits per heavy atom. The lowest BCUT2D eigenvalue weighted by atomic mass is 10.1. The number of nitrogens with one attached hydrogen (secondary N) is 2. The molecule has 0 aliphatic heterocycles. The molecule has 0 bridgehead atoms. The van der Waals surface area contributed by atoms with Crippen molar-refractivity contribution in [2.75, 3.05) is 27.2 Å². The summed E-state index contributed by atoms with van der Waals surface area (Å²) < 4.78 is 5.35. The Bertz CT molecular complexity index is 356. The molecule has 0 radical (unpaired) electrons. The normalized spacial score (nSPS) is 10.6. The lowest BCUT2D eigenvalue weighted by molar-refractivity contribution is 0.407. The molecule has 0 aromatic heterocycles. The van der Waals surface area contributed by atoms with E-state index in [0.29, 0.717) is 0 Å². The third-order valence-corrected chi connectivity index (χ3v) is 3.06. The summed E-state index contributed by atoms with van der Waals surface area (Å²) in [5.74, 6) is 0.896. The topological polar surface area (TPSA) is 33.3 Å². The number of aryl methyl sites for hydroxylation is 1. The molecule has 0 unspecified atom stereocenters. The van der Waals surface area contributed by atoms with E-state index in [9.17, 15) is 0 Å². The first-order valence-corrected chi connectivity index (χ1v) is 6.25. The van der Waals surface area contributed by atoms with Crippen LogP contribution in [0.4, 0.5) is 0 Å². The fourth-order valence-corrected chi connectivity index (χ4v) is 1.82. The third-order valence-electron chi connectivity index (χ3n) is 2.66. The third kappa shape index (κ3) is 4.54. The highest BCUT2D eigenvalue weighted by atomic mass is 35.5. The molecule has 1 aromatic rings. The molecule has 0 fully saturated rings. The Morgan fingerprint density at radius 1 is 1.29 bits per heavy atom. The van der Waals surface area contributed by atoms with Gasteiger partial charge in [0, 0.05) is 17.1 Å². The molecule has 0 atom stereocenters. The van der Waals surface area contributed by atoms with Crippen molar-refractivity contribution in [3.63, 3.8) is 0 Å². The molecular weight excluding hydrogens is 236 g/mol. The fourth-order valence-electron chi connectivity index (χ4n) is 1.64. The molecule has 0 aliphatic rings. The molecule has 1 rings (SSSR count). The van der Waals surface area contributed by atoms with Gasteiger partial charge in [-0.1, -0.05) is 11.6 Å². The molecule has 0 amide bonds. The van der Waals surface area contributed by atoms with E-state index in [1.165, 1.54) is 0 Å². The summed E-state index contributed by atoms with van der Waals surface area (Å²) in [6.07, 6.45) is 1.11. The predicted molar refractivity (Wildman–Crippen MR) is 73.0 cm³/mol. The zero-order valence-corrected chi connectivity index (χ0v) is 11.5. The van der Waals surface area contributed by atoms with Crippen LogP contribution in [0.3, 0.4) is 0 Å². The van der Waals surface area contributed by atoms with Crippen molar-refractivity contribution in [2.24, 2.45) is 0 Å². The number of ether oxygens (including phenoxy) is 1. The van der Waals surface area contributed by atoms with Crippen molar-refractivity contribution in [1.29, 1.82) is 0 Å². The average Bonchev–Trinajstić information content (AvgIpc) is 2.33. The van der Waals surface area contributed by atoms with Crippen molar-refractivity contribution in [2.45, 2.75) is 19.9 Å². The van der Waals surface area contributed by atoms with Crippen LogP contribution in [0.1, 0.15) is 17.5 Å². The van der Waals surface area contributed by atoms with E-state index in [4.69, 9.17) is 16.3 Å². The predicted octanol–water partition coefficient (Wildman–Crippen LogP) is 2.36. The lowest BCUT2D eigenvalue weighted by Gasteiger charge is -2.11. The average molecular weight is 257 g/mol. The van der Waals surface area contributed by atoms with Crippen molar-refractivity contribution in [3.8, 4) is 5.75 Å². The van der Waals surface area contributed by atoms with Crippen molar-refractivity contribution >= 4 is 11.6 Å². The van der Waals surface area contributed by atoms with Crippen LogP contribution in [-0.4, -0.2) is 27.2 Å². The smallest absolute Gasteiger partial charge is 0.123 e. The molecule has 17 heavy (non-hydrogen) atoms. The molecule has 1 aromatic carbocycles. The molecule has 0 spiro atoms. The second kappa shape index (κ2) is 7.54. The first-order chi connectivity index (χ1) is 8.19. The minimum atomic E-state index is 0.785. The van der Waals surface area contributed by atoms with Gasteiger partial charge in [-0.2, -0.15) is 0 Å². The Labute approximate surface area is 109 Å². The van der Waals surface area contributed by atoms with Crippen LogP contribution in [0.25, 0.3) is 0 Å². The van der Waals surface area contributed by atoms with E-state index in [1.54, 1.807) is 7.11 Å². The van der Waals surface area contributed by atoms with Crippen LogP contribution in [-0.2, 0) is 6.54 Å². The molecular formula is C13H21ClN2O. The van der Waals surface area contributed by atoms with Crippen LogP contribution in [0.15, 0.2) is 12.1 Å². The Balaban J connectivity index is 2.54. The fraction of sp³-hybridized carbons (Fsp3) is 0.538. The Morgan fingerprint density at radius 2 is 2.06 bits per heavy atom. The number of hydrogen-bond donors (Lipinski definition) is 2. The SMILES string of the molecule is CNCCCNCc1cc(Cl)c(C)cc1OC. The number of benzene rings is 1. The molecule has 2 N–H and O–H groups in total. The summed E-state index contributed by atoms with van der Waals surface area (Å²) in [6, 6.07) is 3.95. The summed E-state index contributed by atoms with van der Waals surface area (Å²) in [6.45, 7) is 4.77. The minimum Gasteiger partial charge on any atom is -0.496 e. The Kier molecular flexibility index (Phi) is 6.34. The maximum atomic E-state index is 6.11. The number of halogens is 1. The van der Waals surface area contributed by atoms with E-state index in [1.807, 2.05) is 26.1 Å². The maximum Gasteiger partial charge on any atom is 0.123 e. The monoisotopic (exact) mass is 256 g/mol. The zero-order valence-electron chi connectivity index (χ0n) is 10.8. The maximum absolute atomic E-state index is 6.11. The summed E-state index contributed by atoms with van der Waals surface area (Å²) in [5, 5.41) is 7.29. The van der Waals surface area contributed by atoms with E-state index in [-0.39, 0.29) is 0 Å². The van der Waals surface area contributed by atoms with Crippen molar-refractivity contribution < 1.29 is 4.74 Å². The van der Waals surface area contributed by atoms with Crippen molar-refractivity contribution in [1.82, 2.24) is 10.6 Å². The highest BCUT2D eigenvalue weighted by Gasteiger charge is 2.06. The van der Waals surface area contributed by atoms with Gasteiger partial charge in [-0.05, 0) is 51.2 Å². The summed E-state index contributed by atoms with van der Waals surface area (Å²) in [7, 11) is 3.65. The molecule has 3 nitrogen and oxygen atoms in total. The largest absolute Gasteiger partial charge is 0.496 e. The molecule has 96 valence electrons. The summed E-state index contributed by atoms with van der Waals surface area (Å²) >= 11 is 6.11. The van der Waals surface area contributed by atoms with E-state index in [2.05, 4.69) is 10.6 Å². The van der Waals surface area contributed by atoms with Gasteiger partial charge in [0.05, 0.1) is 7.11 Å². The quantitative estimate of drug-likeness (QED) is 0.735.